The fourth-order valence-corrected chi connectivity index (χ4v) is 3.44. The van der Waals surface area contributed by atoms with Crippen molar-refractivity contribution in [2.24, 2.45) is 7.05 Å². The van der Waals surface area contributed by atoms with E-state index in [1.54, 1.807) is 42.3 Å². The van der Waals surface area contributed by atoms with Crippen molar-refractivity contribution in [1.29, 1.82) is 0 Å². The zero-order valence-corrected chi connectivity index (χ0v) is 15.0. The summed E-state index contributed by atoms with van der Waals surface area (Å²) < 4.78 is 19.8. The van der Waals surface area contributed by atoms with Crippen LogP contribution in [0.3, 0.4) is 0 Å². The van der Waals surface area contributed by atoms with E-state index in [-0.39, 0.29) is 11.7 Å². The van der Waals surface area contributed by atoms with Gasteiger partial charge in [-0.15, -0.1) is 0 Å². The Morgan fingerprint density at radius 3 is 2.63 bits per heavy atom. The molecule has 0 unspecified atom stereocenters. The Labute approximate surface area is 155 Å². The summed E-state index contributed by atoms with van der Waals surface area (Å²) >= 11 is 0. The van der Waals surface area contributed by atoms with E-state index in [9.17, 15) is 14.0 Å². The van der Waals surface area contributed by atoms with Crippen LogP contribution in [0.5, 0.6) is 0 Å². The Bertz CT molecular complexity index is 1050. The minimum Gasteiger partial charge on any atom is -0.408 e. The van der Waals surface area contributed by atoms with E-state index < -0.39 is 5.76 Å². The molecule has 140 valence electrons. The van der Waals surface area contributed by atoms with E-state index in [1.807, 2.05) is 6.07 Å². The molecule has 2 heterocycles. The van der Waals surface area contributed by atoms with Crippen molar-refractivity contribution in [3.63, 3.8) is 0 Å². The van der Waals surface area contributed by atoms with Crippen LogP contribution in [0.2, 0.25) is 0 Å². The number of benzene rings is 2. The molecule has 4 rings (SSSR count). The van der Waals surface area contributed by atoms with Gasteiger partial charge in [-0.1, -0.05) is 12.1 Å². The number of aryl methyl sites for hydroxylation is 1. The zero-order valence-electron chi connectivity index (χ0n) is 15.0. The molecule has 1 aromatic heterocycles. The third kappa shape index (κ3) is 3.50. The molecule has 0 spiro atoms. The van der Waals surface area contributed by atoms with Crippen LogP contribution >= 0.6 is 0 Å². The van der Waals surface area contributed by atoms with E-state index in [0.29, 0.717) is 36.3 Å². The molecule has 0 radical (unpaired) electrons. The molecule has 0 saturated carbocycles. The maximum atomic E-state index is 13.3. The third-order valence-electron chi connectivity index (χ3n) is 4.99. The van der Waals surface area contributed by atoms with Crippen LogP contribution in [0.4, 0.5) is 4.39 Å². The number of carbonyl (C=O) groups is 1. The summed E-state index contributed by atoms with van der Waals surface area (Å²) in [5, 5.41) is 0. The first-order chi connectivity index (χ1) is 13.0. The first kappa shape index (κ1) is 17.5. The molecule has 0 bridgehead atoms. The molecule has 1 saturated heterocycles. The lowest BCUT2D eigenvalue weighted by Gasteiger charge is -2.34. The van der Waals surface area contributed by atoms with Crippen LogP contribution in [0.1, 0.15) is 15.9 Å². The topological polar surface area (TPSA) is 58.7 Å². The second-order valence-corrected chi connectivity index (χ2v) is 6.81. The predicted octanol–water partition coefficient (Wildman–Crippen LogP) is 2.23. The Balaban J connectivity index is 1.42. The highest BCUT2D eigenvalue weighted by Crippen LogP contribution is 2.17. The maximum Gasteiger partial charge on any atom is 0.419 e. The molecule has 27 heavy (non-hydrogen) atoms. The van der Waals surface area contributed by atoms with Gasteiger partial charge in [0.15, 0.2) is 5.58 Å². The number of amides is 1. The predicted molar refractivity (Wildman–Crippen MR) is 99.0 cm³/mol. The summed E-state index contributed by atoms with van der Waals surface area (Å²) in [6.45, 7) is 3.35. The molecule has 0 N–H and O–H groups in total. The first-order valence-corrected chi connectivity index (χ1v) is 8.87. The second kappa shape index (κ2) is 7.00. The number of nitrogens with zero attached hydrogens (tertiary/aromatic N) is 3. The van der Waals surface area contributed by atoms with E-state index in [0.717, 1.165) is 18.7 Å². The van der Waals surface area contributed by atoms with Gasteiger partial charge in [0.2, 0.25) is 0 Å². The van der Waals surface area contributed by atoms with E-state index >= 15 is 0 Å². The summed E-state index contributed by atoms with van der Waals surface area (Å²) in [6.07, 6.45) is 0. The van der Waals surface area contributed by atoms with Gasteiger partial charge in [-0.25, -0.2) is 9.18 Å². The highest BCUT2D eigenvalue weighted by Gasteiger charge is 2.23. The number of fused-ring (bicyclic) bond motifs is 1. The van der Waals surface area contributed by atoms with E-state index in [4.69, 9.17) is 4.42 Å². The highest BCUT2D eigenvalue weighted by molar-refractivity contribution is 5.97. The Morgan fingerprint density at radius 1 is 1.11 bits per heavy atom. The Kier molecular flexibility index (Phi) is 4.53. The van der Waals surface area contributed by atoms with Crippen molar-refractivity contribution >= 4 is 17.0 Å². The van der Waals surface area contributed by atoms with Crippen LogP contribution in [0, 0.1) is 5.82 Å². The number of carbonyl (C=O) groups excluding carboxylic acids is 1. The Morgan fingerprint density at radius 2 is 1.89 bits per heavy atom. The number of hydrogen-bond acceptors (Lipinski definition) is 4. The van der Waals surface area contributed by atoms with Crippen molar-refractivity contribution in [3.05, 3.63) is 70.0 Å². The van der Waals surface area contributed by atoms with Crippen molar-refractivity contribution in [3.8, 4) is 0 Å². The van der Waals surface area contributed by atoms with Crippen molar-refractivity contribution < 1.29 is 13.6 Å². The molecule has 1 aliphatic rings. The van der Waals surface area contributed by atoms with Gasteiger partial charge in [0.05, 0.1) is 5.52 Å². The monoisotopic (exact) mass is 369 g/mol. The molecular formula is C20H20FN3O3. The molecule has 1 fully saturated rings. The number of piperazine rings is 1. The van der Waals surface area contributed by atoms with Gasteiger partial charge in [-0.2, -0.15) is 0 Å². The van der Waals surface area contributed by atoms with Crippen LogP contribution in [-0.4, -0.2) is 46.5 Å². The summed E-state index contributed by atoms with van der Waals surface area (Å²) in [5.41, 5.74) is 2.55. The van der Waals surface area contributed by atoms with E-state index in [2.05, 4.69) is 4.90 Å². The van der Waals surface area contributed by atoms with Gasteiger partial charge in [-0.05, 0) is 35.9 Å². The molecule has 3 aromatic rings. The number of aromatic nitrogens is 1. The minimum absolute atomic E-state index is 0.0593. The largest absolute Gasteiger partial charge is 0.419 e. The molecule has 1 aliphatic heterocycles. The van der Waals surface area contributed by atoms with Crippen LogP contribution in [0.15, 0.2) is 51.7 Å². The van der Waals surface area contributed by atoms with Crippen LogP contribution in [0.25, 0.3) is 11.1 Å². The first-order valence-electron chi connectivity index (χ1n) is 8.87. The van der Waals surface area contributed by atoms with E-state index in [1.165, 1.54) is 10.6 Å². The van der Waals surface area contributed by atoms with Crippen molar-refractivity contribution in [2.75, 3.05) is 26.2 Å². The molecule has 2 aromatic carbocycles. The van der Waals surface area contributed by atoms with Crippen LogP contribution in [-0.2, 0) is 13.6 Å². The lowest BCUT2D eigenvalue weighted by Crippen LogP contribution is -2.48. The lowest BCUT2D eigenvalue weighted by molar-refractivity contribution is 0.0628. The third-order valence-corrected chi connectivity index (χ3v) is 4.99. The average molecular weight is 369 g/mol. The summed E-state index contributed by atoms with van der Waals surface area (Å²) in [4.78, 5) is 28.4. The zero-order chi connectivity index (χ0) is 19.0. The number of oxazole rings is 1. The SMILES string of the molecule is Cn1c(=O)oc2ccc(C(=O)N3CCN(Cc4cccc(F)c4)CC3)cc21. The second-order valence-electron chi connectivity index (χ2n) is 6.81. The number of hydrogen-bond donors (Lipinski definition) is 0. The smallest absolute Gasteiger partial charge is 0.408 e. The summed E-state index contributed by atoms with van der Waals surface area (Å²) in [5.74, 6) is -0.734. The molecule has 6 nitrogen and oxygen atoms in total. The van der Waals surface area contributed by atoms with Gasteiger partial charge in [-0.3, -0.25) is 14.3 Å². The maximum absolute atomic E-state index is 13.3. The highest BCUT2D eigenvalue weighted by atomic mass is 19.1. The Hall–Kier alpha value is -2.93. The molecule has 7 heteroatoms. The van der Waals surface area contributed by atoms with Gasteiger partial charge in [0, 0.05) is 45.3 Å². The molecule has 0 aliphatic carbocycles. The average Bonchev–Trinajstić information content (AvgIpc) is 2.95. The van der Waals surface area contributed by atoms with Crippen molar-refractivity contribution in [1.82, 2.24) is 14.4 Å². The van der Waals surface area contributed by atoms with Gasteiger partial charge in [0.25, 0.3) is 5.91 Å². The number of rotatable bonds is 3. The quantitative estimate of drug-likeness (QED) is 0.710. The fourth-order valence-electron chi connectivity index (χ4n) is 3.44. The molecule has 0 atom stereocenters. The van der Waals surface area contributed by atoms with Gasteiger partial charge < -0.3 is 9.32 Å². The van der Waals surface area contributed by atoms with Gasteiger partial charge in [0.1, 0.15) is 5.82 Å². The molecule has 1 amide bonds. The minimum atomic E-state index is -0.444. The standard InChI is InChI=1S/C20H20FN3O3/c1-22-17-12-15(5-6-18(17)27-20(22)26)19(25)24-9-7-23(8-10-24)13-14-3-2-4-16(21)11-14/h2-6,11-12H,7-10,13H2,1H3. The number of halogens is 1. The summed E-state index contributed by atoms with van der Waals surface area (Å²) in [6, 6.07) is 11.6. The van der Waals surface area contributed by atoms with Crippen molar-refractivity contribution in [2.45, 2.75) is 6.54 Å². The normalized spacial score (nSPS) is 15.4. The fraction of sp³-hybridized carbons (Fsp3) is 0.300. The van der Waals surface area contributed by atoms with Crippen LogP contribution < -0.4 is 5.76 Å². The van der Waals surface area contributed by atoms with Gasteiger partial charge >= 0.3 is 5.76 Å². The molecular weight excluding hydrogens is 349 g/mol. The lowest BCUT2D eigenvalue weighted by atomic mass is 10.1. The summed E-state index contributed by atoms with van der Waals surface area (Å²) in [7, 11) is 1.62.